The van der Waals surface area contributed by atoms with Gasteiger partial charge in [-0.2, -0.15) is 0 Å². The van der Waals surface area contributed by atoms with Crippen molar-refractivity contribution in [1.82, 2.24) is 10.6 Å². The molecular weight excluding hydrogens is 232 g/mol. The molecule has 1 aromatic rings. The molecule has 0 saturated carbocycles. The fourth-order valence-corrected chi connectivity index (χ4v) is 2.37. The summed E-state index contributed by atoms with van der Waals surface area (Å²) in [5.41, 5.74) is 0.996. The number of rotatable bonds is 2. The molecule has 2 aliphatic rings. The number of ether oxygens (including phenoxy) is 1. The second-order valence-corrected chi connectivity index (χ2v) is 4.57. The van der Waals surface area contributed by atoms with Crippen molar-refractivity contribution in [2.24, 2.45) is 0 Å². The molecule has 2 unspecified atom stereocenters. The van der Waals surface area contributed by atoms with E-state index in [9.17, 15) is 9.59 Å². The van der Waals surface area contributed by atoms with Crippen molar-refractivity contribution in [1.29, 1.82) is 0 Å². The topological polar surface area (TPSA) is 67.4 Å². The molecule has 3 rings (SSSR count). The third-order valence-electron chi connectivity index (χ3n) is 3.33. The molecular formula is C13H14N2O3. The molecule has 1 fully saturated rings. The van der Waals surface area contributed by atoms with Gasteiger partial charge in [0, 0.05) is 12.0 Å². The summed E-state index contributed by atoms with van der Waals surface area (Å²) in [5, 5.41) is 5.58. The predicted molar refractivity (Wildman–Crippen MR) is 64.0 cm³/mol. The molecule has 5 heteroatoms. The minimum Gasteiger partial charge on any atom is -0.491 e. The van der Waals surface area contributed by atoms with E-state index in [1.165, 1.54) is 0 Å². The molecule has 0 aromatic heterocycles. The van der Waals surface area contributed by atoms with Gasteiger partial charge < -0.3 is 15.4 Å². The molecule has 2 amide bonds. The number of carbonyl (C=O) groups is 2. The molecule has 2 aliphatic heterocycles. The molecule has 2 N–H and O–H groups in total. The quantitative estimate of drug-likeness (QED) is 0.799. The number of hydrogen-bond acceptors (Lipinski definition) is 3. The summed E-state index contributed by atoms with van der Waals surface area (Å²) in [7, 11) is 0. The van der Waals surface area contributed by atoms with Gasteiger partial charge in [-0.3, -0.25) is 9.59 Å². The lowest BCUT2D eigenvalue weighted by atomic mass is 10.1. The summed E-state index contributed by atoms with van der Waals surface area (Å²) in [5.74, 6) is 0.627. The van der Waals surface area contributed by atoms with E-state index < -0.39 is 6.04 Å². The van der Waals surface area contributed by atoms with Gasteiger partial charge in [-0.05, 0) is 12.5 Å². The van der Waals surface area contributed by atoms with Gasteiger partial charge in [0.1, 0.15) is 18.4 Å². The van der Waals surface area contributed by atoms with Crippen molar-refractivity contribution in [3.8, 4) is 5.75 Å². The van der Waals surface area contributed by atoms with Gasteiger partial charge in [-0.25, -0.2) is 0 Å². The van der Waals surface area contributed by atoms with Crippen LogP contribution < -0.4 is 15.4 Å². The number of para-hydroxylation sites is 1. The van der Waals surface area contributed by atoms with Gasteiger partial charge >= 0.3 is 0 Å². The van der Waals surface area contributed by atoms with Gasteiger partial charge in [0.15, 0.2) is 0 Å². The van der Waals surface area contributed by atoms with Crippen LogP contribution in [-0.2, 0) is 9.59 Å². The molecule has 18 heavy (non-hydrogen) atoms. The van der Waals surface area contributed by atoms with E-state index in [0.29, 0.717) is 19.4 Å². The lowest BCUT2D eigenvalue weighted by molar-refractivity contribution is -0.126. The third-order valence-corrected chi connectivity index (χ3v) is 3.33. The minimum absolute atomic E-state index is 0.0572. The van der Waals surface area contributed by atoms with Crippen LogP contribution in [0.5, 0.6) is 5.75 Å². The number of amides is 2. The van der Waals surface area contributed by atoms with Crippen LogP contribution >= 0.6 is 0 Å². The van der Waals surface area contributed by atoms with Crippen molar-refractivity contribution in [3.05, 3.63) is 29.8 Å². The number of fused-ring (bicyclic) bond motifs is 1. The van der Waals surface area contributed by atoms with E-state index in [4.69, 9.17) is 4.74 Å². The fourth-order valence-electron chi connectivity index (χ4n) is 2.37. The highest BCUT2D eigenvalue weighted by atomic mass is 16.5. The van der Waals surface area contributed by atoms with E-state index in [0.717, 1.165) is 11.3 Å². The Morgan fingerprint density at radius 2 is 2.22 bits per heavy atom. The van der Waals surface area contributed by atoms with Crippen LogP contribution in [0.2, 0.25) is 0 Å². The van der Waals surface area contributed by atoms with Crippen molar-refractivity contribution in [2.45, 2.75) is 24.9 Å². The van der Waals surface area contributed by atoms with Crippen LogP contribution in [0, 0.1) is 0 Å². The monoisotopic (exact) mass is 246 g/mol. The largest absolute Gasteiger partial charge is 0.491 e. The lowest BCUT2D eigenvalue weighted by Crippen LogP contribution is -2.43. The third kappa shape index (κ3) is 1.92. The average Bonchev–Trinajstić information content (AvgIpc) is 2.97. The molecule has 5 nitrogen and oxygen atoms in total. The summed E-state index contributed by atoms with van der Waals surface area (Å²) in [6.07, 6.45) is 0.996. The molecule has 1 saturated heterocycles. The second kappa shape index (κ2) is 4.33. The Hall–Kier alpha value is -2.04. The van der Waals surface area contributed by atoms with E-state index in [2.05, 4.69) is 10.6 Å². The minimum atomic E-state index is -0.398. The molecule has 0 aliphatic carbocycles. The summed E-state index contributed by atoms with van der Waals surface area (Å²) in [6.45, 7) is 0.450. The molecule has 0 bridgehead atoms. The first kappa shape index (κ1) is 11.1. The zero-order valence-electron chi connectivity index (χ0n) is 9.81. The SMILES string of the molecule is O=C1CCC(C(=O)NC2COc3ccccc32)N1. The standard InChI is InChI=1S/C13H14N2O3/c16-12-6-5-9(14-12)13(17)15-10-7-18-11-4-2-1-3-8(10)11/h1-4,9-10H,5-7H2,(H,14,16)(H,15,17). The lowest BCUT2D eigenvalue weighted by Gasteiger charge is -2.15. The highest BCUT2D eigenvalue weighted by Gasteiger charge is 2.31. The van der Waals surface area contributed by atoms with E-state index in [1.54, 1.807) is 0 Å². The smallest absolute Gasteiger partial charge is 0.243 e. The van der Waals surface area contributed by atoms with Gasteiger partial charge in [0.25, 0.3) is 0 Å². The van der Waals surface area contributed by atoms with E-state index >= 15 is 0 Å². The van der Waals surface area contributed by atoms with Crippen LogP contribution in [-0.4, -0.2) is 24.5 Å². The van der Waals surface area contributed by atoms with Crippen molar-refractivity contribution >= 4 is 11.8 Å². The zero-order chi connectivity index (χ0) is 12.5. The molecule has 0 spiro atoms. The Kier molecular flexibility index (Phi) is 2.66. The van der Waals surface area contributed by atoms with Gasteiger partial charge in [0.2, 0.25) is 11.8 Å². The first-order chi connectivity index (χ1) is 8.74. The number of carbonyl (C=O) groups excluding carboxylic acids is 2. The van der Waals surface area contributed by atoms with Gasteiger partial charge in [-0.1, -0.05) is 18.2 Å². The second-order valence-electron chi connectivity index (χ2n) is 4.57. The Balaban J connectivity index is 1.68. The highest BCUT2D eigenvalue weighted by Crippen LogP contribution is 2.31. The van der Waals surface area contributed by atoms with Crippen LogP contribution in [0.1, 0.15) is 24.4 Å². The predicted octanol–water partition coefficient (Wildman–Crippen LogP) is 0.515. The van der Waals surface area contributed by atoms with Gasteiger partial charge in [0.05, 0.1) is 6.04 Å². The summed E-state index contributed by atoms with van der Waals surface area (Å²) >= 11 is 0. The fraction of sp³-hybridized carbons (Fsp3) is 0.385. The Labute approximate surface area is 105 Å². The summed E-state index contributed by atoms with van der Waals surface area (Å²) < 4.78 is 5.49. The van der Waals surface area contributed by atoms with Crippen LogP contribution in [0.15, 0.2) is 24.3 Å². The Morgan fingerprint density at radius 1 is 1.39 bits per heavy atom. The molecule has 0 radical (unpaired) electrons. The summed E-state index contributed by atoms with van der Waals surface area (Å²) in [6, 6.07) is 7.14. The van der Waals surface area contributed by atoms with Crippen molar-refractivity contribution in [2.75, 3.05) is 6.61 Å². The maximum atomic E-state index is 12.0. The molecule has 94 valence electrons. The number of benzene rings is 1. The normalized spacial score (nSPS) is 25.2. The Bertz CT molecular complexity index is 501. The van der Waals surface area contributed by atoms with Crippen molar-refractivity contribution in [3.63, 3.8) is 0 Å². The van der Waals surface area contributed by atoms with E-state index in [-0.39, 0.29) is 17.9 Å². The van der Waals surface area contributed by atoms with E-state index in [1.807, 2.05) is 24.3 Å². The highest BCUT2D eigenvalue weighted by molar-refractivity contribution is 5.91. The van der Waals surface area contributed by atoms with Crippen LogP contribution in [0.3, 0.4) is 0 Å². The van der Waals surface area contributed by atoms with Gasteiger partial charge in [-0.15, -0.1) is 0 Å². The molecule has 2 heterocycles. The van der Waals surface area contributed by atoms with Crippen molar-refractivity contribution < 1.29 is 14.3 Å². The van der Waals surface area contributed by atoms with Crippen LogP contribution in [0.4, 0.5) is 0 Å². The van der Waals surface area contributed by atoms with Crippen LogP contribution in [0.25, 0.3) is 0 Å². The zero-order valence-corrected chi connectivity index (χ0v) is 9.81. The Morgan fingerprint density at radius 3 is 3.00 bits per heavy atom. The number of hydrogen-bond donors (Lipinski definition) is 2. The molecule has 1 aromatic carbocycles. The maximum absolute atomic E-state index is 12.0. The first-order valence-electron chi connectivity index (χ1n) is 6.05. The maximum Gasteiger partial charge on any atom is 0.243 e. The summed E-state index contributed by atoms with van der Waals surface area (Å²) in [4.78, 5) is 23.1. The molecule has 2 atom stereocenters. The first-order valence-corrected chi connectivity index (χ1v) is 6.05. The average molecular weight is 246 g/mol. The number of nitrogens with one attached hydrogen (secondary N) is 2.